The summed E-state index contributed by atoms with van der Waals surface area (Å²) in [6.45, 7) is 9.37. The Bertz CT molecular complexity index is 2080. The molecule has 2 aliphatic rings. The number of rotatable bonds is 13. The quantitative estimate of drug-likeness (QED) is 0.113. The third kappa shape index (κ3) is 9.50. The van der Waals surface area contributed by atoms with Gasteiger partial charge in [-0.1, -0.05) is 105 Å². The zero-order valence-corrected chi connectivity index (χ0v) is 34.1. The molecule has 5 rings (SSSR count). The van der Waals surface area contributed by atoms with Crippen LogP contribution in [0.2, 0.25) is 0 Å². The van der Waals surface area contributed by atoms with Crippen molar-refractivity contribution >= 4 is 42.9 Å². The molecule has 0 unspecified atom stereocenters. The van der Waals surface area contributed by atoms with Gasteiger partial charge in [0.2, 0.25) is 5.69 Å². The van der Waals surface area contributed by atoms with Gasteiger partial charge in [-0.3, -0.25) is 0 Å². The van der Waals surface area contributed by atoms with Crippen molar-refractivity contribution in [2.45, 2.75) is 51.4 Å². The molecule has 11 heteroatoms. The molecule has 3 aromatic rings. The van der Waals surface area contributed by atoms with Crippen LogP contribution in [-0.2, 0) is 31.1 Å². The van der Waals surface area contributed by atoms with Crippen LogP contribution >= 0.6 is 0 Å². The van der Waals surface area contributed by atoms with Gasteiger partial charge in [0.15, 0.2) is 5.71 Å². The number of benzene rings is 3. The zero-order valence-electron chi connectivity index (χ0n) is 29.4. The van der Waals surface area contributed by atoms with E-state index >= 15 is 0 Å². The van der Waals surface area contributed by atoms with E-state index in [1.165, 1.54) is 0 Å². The minimum Gasteiger partial charge on any atom is -0.748 e. The first kappa shape index (κ1) is 40.3. The minimum absolute atomic E-state index is 0. The van der Waals surface area contributed by atoms with Crippen molar-refractivity contribution in [2.75, 3.05) is 29.5 Å². The van der Waals surface area contributed by atoms with Crippen molar-refractivity contribution in [1.82, 2.24) is 0 Å². The maximum atomic E-state index is 11.4. The van der Waals surface area contributed by atoms with Crippen LogP contribution in [0.5, 0.6) is 0 Å². The molecule has 258 valence electrons. The number of hydrogen-bond donors (Lipinski definition) is 0. The molecule has 0 aromatic heterocycles. The molecule has 8 nitrogen and oxygen atoms in total. The third-order valence-electron chi connectivity index (χ3n) is 9.32. The van der Waals surface area contributed by atoms with Gasteiger partial charge < -0.3 is 14.0 Å². The van der Waals surface area contributed by atoms with E-state index < -0.39 is 31.7 Å². The smallest absolute Gasteiger partial charge is 0.748 e. The Morgan fingerprint density at radius 1 is 0.760 bits per heavy atom. The van der Waals surface area contributed by atoms with Crippen LogP contribution in [0.25, 0.3) is 5.57 Å². The average molecular weight is 739 g/mol. The van der Waals surface area contributed by atoms with Gasteiger partial charge in [0, 0.05) is 59.0 Å². The molecule has 2 aliphatic heterocycles. The van der Waals surface area contributed by atoms with Crippen molar-refractivity contribution in [1.29, 1.82) is 0 Å². The summed E-state index contributed by atoms with van der Waals surface area (Å²) < 4.78 is 70.2. The molecular weight excluding hydrogens is 696 g/mol. The van der Waals surface area contributed by atoms with Gasteiger partial charge in [0.25, 0.3) is 0 Å². The van der Waals surface area contributed by atoms with Crippen LogP contribution in [-0.4, -0.2) is 60.8 Å². The Hall–Kier alpha value is -2.45. The molecule has 0 amide bonds. The summed E-state index contributed by atoms with van der Waals surface area (Å²) in [7, 11) is -8.63. The van der Waals surface area contributed by atoms with Crippen LogP contribution in [0.4, 0.5) is 11.4 Å². The van der Waals surface area contributed by atoms with Crippen molar-refractivity contribution in [3.05, 3.63) is 138 Å². The van der Waals surface area contributed by atoms with E-state index in [9.17, 15) is 25.9 Å². The largest absolute Gasteiger partial charge is 1.00 e. The van der Waals surface area contributed by atoms with Crippen molar-refractivity contribution in [3.8, 4) is 0 Å². The van der Waals surface area contributed by atoms with Gasteiger partial charge in [-0.05, 0) is 49.1 Å². The molecule has 0 N–H and O–H groups in total. The molecule has 3 aromatic carbocycles. The maximum Gasteiger partial charge on any atom is 1.00 e. The summed E-state index contributed by atoms with van der Waals surface area (Å²) in [5.74, 6) is -0.836. The van der Waals surface area contributed by atoms with E-state index in [-0.39, 0.29) is 75.1 Å². The van der Waals surface area contributed by atoms with E-state index in [1.54, 1.807) is 0 Å². The second kappa shape index (κ2) is 16.5. The molecule has 0 saturated carbocycles. The fourth-order valence-electron chi connectivity index (χ4n) is 6.93. The molecular formula is C39H43KN2O6S2. The molecule has 0 aliphatic carbocycles. The third-order valence-corrected chi connectivity index (χ3v) is 10.9. The maximum absolute atomic E-state index is 11.4. The van der Waals surface area contributed by atoms with Gasteiger partial charge in [-0.2, -0.15) is 4.58 Å². The normalized spacial score (nSPS) is 17.8. The molecule has 0 fully saturated rings. The Balaban J connectivity index is 0.00000562. The first-order chi connectivity index (χ1) is 23.1. The van der Waals surface area contributed by atoms with Gasteiger partial charge in [-0.25, -0.2) is 16.8 Å². The summed E-state index contributed by atoms with van der Waals surface area (Å²) in [5.41, 5.74) is 7.59. The van der Waals surface area contributed by atoms with Gasteiger partial charge in [0.1, 0.15) is 6.54 Å². The number of nitrogens with zero attached hydrogens (tertiary/aromatic N) is 2. The summed E-state index contributed by atoms with van der Waals surface area (Å²) in [5, 5.41) is 0. The van der Waals surface area contributed by atoms with Gasteiger partial charge in [0.05, 0.1) is 25.7 Å². The molecule has 0 atom stereocenters. The second-order valence-corrected chi connectivity index (χ2v) is 16.5. The molecule has 0 spiro atoms. The van der Waals surface area contributed by atoms with Crippen molar-refractivity contribution in [3.63, 3.8) is 0 Å². The first-order valence-electron chi connectivity index (χ1n) is 16.4. The Morgan fingerprint density at radius 2 is 1.36 bits per heavy atom. The van der Waals surface area contributed by atoms with E-state index in [2.05, 4.69) is 61.5 Å². The second-order valence-electron chi connectivity index (χ2n) is 13.5. The standard InChI is InChI=1S/C39H44N2O6S2.K/c1-38(2)32-20-8-10-22-34(32)40(26-14-28-48(42,43)44)36(38)24-12-18-31(30-16-6-5-7-17-30)19-13-25-37-39(3,4)33-21-9-11-23-35(33)41(37)27-15-29-49(45,46)47;/h5-13,16-25H,14-15,26-29H2,1-4H3,(H-,42,43,44,45,46,47);/q;+1/p-1. The minimum atomic E-state index is -4.32. The van der Waals surface area contributed by atoms with E-state index in [4.69, 9.17) is 0 Å². The first-order valence-corrected chi connectivity index (χ1v) is 19.6. The topological polar surface area (TPSA) is 121 Å². The van der Waals surface area contributed by atoms with Crippen LogP contribution in [0.1, 0.15) is 57.2 Å². The fraction of sp³-hybridized carbons (Fsp3) is 0.308. The monoisotopic (exact) mass is 738 g/mol. The summed E-state index contributed by atoms with van der Waals surface area (Å²) in [6, 6.07) is 26.2. The molecule has 0 saturated heterocycles. The number of hydrogen-bond acceptors (Lipinski definition) is 7. The number of fused-ring (bicyclic) bond motifs is 2. The Labute approximate surface area is 339 Å². The molecule has 0 bridgehead atoms. The van der Waals surface area contributed by atoms with Crippen LogP contribution in [0.15, 0.2) is 121 Å². The molecule has 0 radical (unpaired) electrons. The number of allylic oxidation sites excluding steroid dienone is 8. The summed E-state index contributed by atoms with van der Waals surface area (Å²) >= 11 is 0. The molecule has 50 heavy (non-hydrogen) atoms. The predicted molar refractivity (Wildman–Crippen MR) is 195 cm³/mol. The van der Waals surface area contributed by atoms with Gasteiger partial charge >= 0.3 is 51.4 Å². The van der Waals surface area contributed by atoms with Gasteiger partial charge in [-0.15, -0.1) is 0 Å². The SMILES string of the molecule is CC1(C)C(=CC=CC(=CC=CC2=[N+](CCCS(=O)(=O)[O-])c3ccccc3C2(C)C)c2ccccc2)N(CCCS(=O)(=O)[O-])c2ccccc21.[K+]. The average Bonchev–Trinajstić information content (AvgIpc) is 3.38. The van der Waals surface area contributed by atoms with Crippen molar-refractivity contribution < 1.29 is 81.9 Å². The number of para-hydroxylation sites is 2. The fourth-order valence-corrected chi connectivity index (χ4v) is 7.89. The Morgan fingerprint density at radius 3 is 2.04 bits per heavy atom. The van der Waals surface area contributed by atoms with Crippen molar-refractivity contribution in [2.24, 2.45) is 0 Å². The van der Waals surface area contributed by atoms with E-state index in [0.717, 1.165) is 45.0 Å². The van der Waals surface area contributed by atoms with Crippen LogP contribution in [0.3, 0.4) is 0 Å². The summed E-state index contributed by atoms with van der Waals surface area (Å²) in [4.78, 5) is 2.11. The predicted octanol–water partition coefficient (Wildman–Crippen LogP) is 3.82. The van der Waals surface area contributed by atoms with E-state index in [0.29, 0.717) is 13.1 Å². The summed E-state index contributed by atoms with van der Waals surface area (Å²) in [6.07, 6.45) is 12.7. The van der Waals surface area contributed by atoms with E-state index in [1.807, 2.05) is 91.0 Å². The number of anilines is 1. The van der Waals surface area contributed by atoms with Crippen LogP contribution in [0, 0.1) is 0 Å². The van der Waals surface area contributed by atoms with Crippen LogP contribution < -0.4 is 56.3 Å². The Kier molecular flexibility index (Phi) is 13.3. The molecule has 2 heterocycles. The zero-order chi connectivity index (χ0) is 35.5.